The second-order valence-electron chi connectivity index (χ2n) is 6.94. The van der Waals surface area contributed by atoms with Crippen molar-refractivity contribution in [2.45, 2.75) is 26.7 Å². The number of benzene rings is 2. The zero-order chi connectivity index (χ0) is 19.1. The van der Waals surface area contributed by atoms with Gasteiger partial charge in [0.25, 0.3) is 5.91 Å². The summed E-state index contributed by atoms with van der Waals surface area (Å²) in [5, 5.41) is 3.40. The Kier molecular flexibility index (Phi) is 4.34. The van der Waals surface area contributed by atoms with E-state index in [1.165, 1.54) is 0 Å². The lowest BCUT2D eigenvalue weighted by atomic mass is 10.1. The zero-order valence-corrected chi connectivity index (χ0v) is 15.2. The largest absolute Gasteiger partial charge is 0.450 e. The van der Waals surface area contributed by atoms with E-state index < -0.39 is 17.5 Å². The van der Waals surface area contributed by atoms with Gasteiger partial charge in [-0.1, -0.05) is 18.2 Å². The lowest BCUT2D eigenvalue weighted by molar-refractivity contribution is 0.0998. The van der Waals surface area contributed by atoms with Crippen LogP contribution in [0.3, 0.4) is 0 Å². The highest BCUT2D eigenvalue weighted by molar-refractivity contribution is 6.06. The number of nitrogens with zero attached hydrogens (tertiary/aromatic N) is 1. The van der Waals surface area contributed by atoms with Crippen molar-refractivity contribution >= 4 is 28.3 Å². The van der Waals surface area contributed by atoms with E-state index >= 15 is 0 Å². The standard InChI is InChI=1S/C21H20F2N2O2/c1-12-6-5-7-15-13(2)20(27-19(12)15)21(26)24-14-10-16(22)18(17(23)11-14)25-8-3-4-9-25/h5-7,10-11H,3-4,8-9H2,1-2H3,(H,24,26). The fraction of sp³-hybridized carbons (Fsp3) is 0.286. The van der Waals surface area contributed by atoms with Crippen LogP contribution < -0.4 is 10.2 Å². The summed E-state index contributed by atoms with van der Waals surface area (Å²) in [6.07, 6.45) is 1.84. The number of rotatable bonds is 3. The number of carbonyl (C=O) groups is 1. The van der Waals surface area contributed by atoms with Crippen LogP contribution in [0.4, 0.5) is 20.2 Å². The molecule has 0 radical (unpaired) electrons. The van der Waals surface area contributed by atoms with E-state index in [0.29, 0.717) is 24.2 Å². The van der Waals surface area contributed by atoms with Crippen molar-refractivity contribution in [2.24, 2.45) is 0 Å². The van der Waals surface area contributed by atoms with Crippen molar-refractivity contribution < 1.29 is 18.0 Å². The Morgan fingerprint density at radius 1 is 1.11 bits per heavy atom. The molecule has 0 bridgehead atoms. The first-order chi connectivity index (χ1) is 13.0. The van der Waals surface area contributed by atoms with Crippen LogP contribution in [0.5, 0.6) is 0 Å². The lowest BCUT2D eigenvalue weighted by Gasteiger charge is -2.19. The SMILES string of the molecule is Cc1c(C(=O)Nc2cc(F)c(N3CCCC3)c(F)c2)oc2c(C)cccc12. The van der Waals surface area contributed by atoms with E-state index in [-0.39, 0.29) is 17.1 Å². The quantitative estimate of drug-likeness (QED) is 0.691. The van der Waals surface area contributed by atoms with Crippen molar-refractivity contribution in [1.82, 2.24) is 0 Å². The van der Waals surface area contributed by atoms with Crippen LogP contribution in [0.2, 0.25) is 0 Å². The van der Waals surface area contributed by atoms with Gasteiger partial charge >= 0.3 is 0 Å². The molecule has 0 aliphatic carbocycles. The molecular weight excluding hydrogens is 350 g/mol. The van der Waals surface area contributed by atoms with Gasteiger partial charge in [-0.05, 0) is 44.4 Å². The number of anilines is 2. The number of carbonyl (C=O) groups excluding carboxylic acids is 1. The summed E-state index contributed by atoms with van der Waals surface area (Å²) in [6.45, 7) is 4.96. The first kappa shape index (κ1) is 17.5. The van der Waals surface area contributed by atoms with Gasteiger partial charge in [-0.25, -0.2) is 8.78 Å². The molecule has 1 aromatic heterocycles. The van der Waals surface area contributed by atoms with Crippen LogP contribution >= 0.6 is 0 Å². The van der Waals surface area contributed by atoms with Gasteiger partial charge in [0.05, 0.1) is 0 Å². The molecule has 4 nitrogen and oxygen atoms in total. The van der Waals surface area contributed by atoms with Crippen molar-refractivity contribution in [3.05, 3.63) is 58.9 Å². The normalized spacial score (nSPS) is 14.1. The number of amides is 1. The number of hydrogen-bond donors (Lipinski definition) is 1. The number of furan rings is 1. The molecule has 1 saturated heterocycles. The molecule has 0 atom stereocenters. The summed E-state index contributed by atoms with van der Waals surface area (Å²) in [4.78, 5) is 14.3. The molecule has 3 aromatic rings. The van der Waals surface area contributed by atoms with Gasteiger partial charge in [0.2, 0.25) is 0 Å². The molecule has 1 aliphatic rings. The summed E-state index contributed by atoms with van der Waals surface area (Å²) in [6, 6.07) is 7.97. The van der Waals surface area contributed by atoms with Crippen LogP contribution in [0, 0.1) is 25.5 Å². The van der Waals surface area contributed by atoms with Crippen molar-refractivity contribution in [2.75, 3.05) is 23.3 Å². The minimum atomic E-state index is -0.677. The second-order valence-corrected chi connectivity index (χ2v) is 6.94. The summed E-state index contributed by atoms with van der Waals surface area (Å²) < 4.78 is 34.6. The Balaban J connectivity index is 1.63. The van der Waals surface area contributed by atoms with Gasteiger partial charge in [-0.15, -0.1) is 0 Å². The summed E-state index contributed by atoms with van der Waals surface area (Å²) in [5.74, 6) is -1.74. The number of aryl methyl sites for hydroxylation is 2. The highest BCUT2D eigenvalue weighted by Crippen LogP contribution is 2.31. The van der Waals surface area contributed by atoms with Crippen LogP contribution in [0.15, 0.2) is 34.7 Å². The van der Waals surface area contributed by atoms with Crippen LogP contribution in [-0.4, -0.2) is 19.0 Å². The minimum absolute atomic E-state index is 0.0268. The number of halogens is 2. The van der Waals surface area contributed by atoms with Crippen LogP contribution in [-0.2, 0) is 0 Å². The third-order valence-corrected chi connectivity index (χ3v) is 5.06. The molecule has 0 saturated carbocycles. The molecule has 2 heterocycles. The molecule has 2 aromatic carbocycles. The third-order valence-electron chi connectivity index (χ3n) is 5.06. The Morgan fingerprint density at radius 2 is 1.78 bits per heavy atom. The Hall–Kier alpha value is -2.89. The molecule has 6 heteroatoms. The van der Waals surface area contributed by atoms with Crippen molar-refractivity contribution in [3.63, 3.8) is 0 Å². The van der Waals surface area contributed by atoms with Crippen LogP contribution in [0.1, 0.15) is 34.5 Å². The maximum absolute atomic E-state index is 14.5. The smallest absolute Gasteiger partial charge is 0.291 e. The first-order valence-corrected chi connectivity index (χ1v) is 9.00. The molecule has 27 heavy (non-hydrogen) atoms. The van der Waals surface area contributed by atoms with Crippen molar-refractivity contribution in [3.8, 4) is 0 Å². The van der Waals surface area contributed by atoms with E-state index in [2.05, 4.69) is 5.32 Å². The summed E-state index contributed by atoms with van der Waals surface area (Å²) in [5.41, 5.74) is 2.29. The second kappa shape index (κ2) is 6.68. The molecule has 140 valence electrons. The average molecular weight is 370 g/mol. The zero-order valence-electron chi connectivity index (χ0n) is 15.2. The predicted octanol–water partition coefficient (Wildman–Crippen LogP) is 5.18. The van der Waals surface area contributed by atoms with Gasteiger partial charge < -0.3 is 14.6 Å². The van der Waals surface area contributed by atoms with Crippen LogP contribution in [0.25, 0.3) is 11.0 Å². The number of fused-ring (bicyclic) bond motifs is 1. The van der Waals surface area contributed by atoms with Gasteiger partial charge in [0, 0.05) is 29.7 Å². The monoisotopic (exact) mass is 370 g/mol. The van der Waals surface area contributed by atoms with E-state index in [1.807, 2.05) is 25.1 Å². The molecule has 4 rings (SSSR count). The Bertz CT molecular complexity index is 1010. The number of hydrogen-bond acceptors (Lipinski definition) is 3. The Labute approximate surface area is 155 Å². The van der Waals surface area contributed by atoms with E-state index in [9.17, 15) is 13.6 Å². The van der Waals surface area contributed by atoms with Crippen molar-refractivity contribution in [1.29, 1.82) is 0 Å². The number of para-hydroxylation sites is 1. The third kappa shape index (κ3) is 3.05. The van der Waals surface area contributed by atoms with E-state index in [0.717, 1.165) is 35.9 Å². The molecule has 1 aliphatic heterocycles. The van der Waals surface area contributed by atoms with Gasteiger partial charge in [-0.2, -0.15) is 0 Å². The highest BCUT2D eigenvalue weighted by Gasteiger charge is 2.23. The fourth-order valence-corrected chi connectivity index (χ4v) is 3.67. The molecule has 0 spiro atoms. The minimum Gasteiger partial charge on any atom is -0.450 e. The first-order valence-electron chi connectivity index (χ1n) is 9.00. The van der Waals surface area contributed by atoms with E-state index in [4.69, 9.17) is 4.42 Å². The summed E-state index contributed by atoms with van der Waals surface area (Å²) >= 11 is 0. The molecule has 1 amide bonds. The maximum atomic E-state index is 14.5. The maximum Gasteiger partial charge on any atom is 0.291 e. The lowest BCUT2D eigenvalue weighted by Crippen LogP contribution is -2.21. The van der Waals surface area contributed by atoms with E-state index in [1.54, 1.807) is 11.8 Å². The Morgan fingerprint density at radius 3 is 2.41 bits per heavy atom. The van der Waals surface area contributed by atoms with Gasteiger partial charge in [0.1, 0.15) is 11.3 Å². The van der Waals surface area contributed by atoms with Gasteiger partial charge in [-0.3, -0.25) is 4.79 Å². The molecule has 1 N–H and O–H groups in total. The fourth-order valence-electron chi connectivity index (χ4n) is 3.67. The molecule has 0 unspecified atom stereocenters. The predicted molar refractivity (Wildman–Crippen MR) is 101 cm³/mol. The topological polar surface area (TPSA) is 45.5 Å². The molecular formula is C21H20F2N2O2. The molecule has 1 fully saturated rings. The summed E-state index contributed by atoms with van der Waals surface area (Å²) in [7, 11) is 0. The van der Waals surface area contributed by atoms with Gasteiger partial charge in [0.15, 0.2) is 17.4 Å². The average Bonchev–Trinajstić information content (AvgIpc) is 3.24. The number of nitrogens with one attached hydrogen (secondary N) is 1. The highest BCUT2D eigenvalue weighted by atomic mass is 19.1.